The molecule has 0 aliphatic rings. The summed E-state index contributed by atoms with van der Waals surface area (Å²) in [7, 11) is 1.71. The van der Waals surface area contributed by atoms with Crippen molar-refractivity contribution in [2.45, 2.75) is 31.5 Å². The summed E-state index contributed by atoms with van der Waals surface area (Å²) in [6.45, 7) is 6.71. The Labute approximate surface area is 101 Å². The molecule has 2 unspecified atom stereocenters. The maximum Gasteiger partial charge on any atom is 0.119 e. The maximum absolute atomic E-state index is 5.23. The Morgan fingerprint density at radius 1 is 1.20 bits per heavy atom. The van der Waals surface area contributed by atoms with Crippen LogP contribution in [0.4, 0.5) is 0 Å². The quantitative estimate of drug-likeness (QED) is 0.745. The zero-order chi connectivity index (χ0) is 11.4. The molecule has 2 heteroatoms. The zero-order valence-corrected chi connectivity index (χ0v) is 11.4. The molecular formula is C13H19BrO. The van der Waals surface area contributed by atoms with Crippen LogP contribution in [0.1, 0.15) is 32.3 Å². The van der Waals surface area contributed by atoms with E-state index in [9.17, 15) is 0 Å². The Kier molecular flexibility index (Phi) is 4.65. The second kappa shape index (κ2) is 5.55. The third kappa shape index (κ3) is 3.23. The average molecular weight is 271 g/mol. The lowest BCUT2D eigenvalue weighted by atomic mass is 9.92. The van der Waals surface area contributed by atoms with Gasteiger partial charge in [-0.15, -0.1) is 0 Å². The van der Waals surface area contributed by atoms with Crippen LogP contribution in [0.25, 0.3) is 0 Å². The summed E-state index contributed by atoms with van der Waals surface area (Å²) in [5.41, 5.74) is 1.32. The first kappa shape index (κ1) is 12.6. The van der Waals surface area contributed by atoms with Gasteiger partial charge in [0.1, 0.15) is 5.75 Å². The Morgan fingerprint density at radius 3 is 2.40 bits per heavy atom. The minimum Gasteiger partial charge on any atom is -0.497 e. The molecule has 1 nitrogen and oxygen atoms in total. The first-order valence-electron chi connectivity index (χ1n) is 5.34. The van der Waals surface area contributed by atoms with E-state index < -0.39 is 0 Å². The Morgan fingerprint density at radius 2 is 1.87 bits per heavy atom. The van der Waals surface area contributed by atoms with Gasteiger partial charge in [-0.2, -0.15) is 0 Å². The molecule has 0 fully saturated rings. The largest absolute Gasteiger partial charge is 0.497 e. The van der Waals surface area contributed by atoms with E-state index in [0.29, 0.717) is 16.7 Å². The lowest BCUT2D eigenvalue weighted by molar-refractivity contribution is 0.413. The van der Waals surface area contributed by atoms with E-state index in [1.54, 1.807) is 7.11 Å². The Hall–Kier alpha value is -0.500. The van der Waals surface area contributed by atoms with Gasteiger partial charge in [-0.05, 0) is 29.5 Å². The summed E-state index contributed by atoms with van der Waals surface area (Å²) in [6.07, 6.45) is 0. The highest BCUT2D eigenvalue weighted by atomic mass is 79.9. The molecule has 0 bridgehead atoms. The van der Waals surface area contributed by atoms with E-state index in [2.05, 4.69) is 48.8 Å². The summed E-state index contributed by atoms with van der Waals surface area (Å²) in [4.78, 5) is 0.504. The third-order valence-electron chi connectivity index (χ3n) is 2.73. The van der Waals surface area contributed by atoms with Crippen LogP contribution in [0.3, 0.4) is 0 Å². The van der Waals surface area contributed by atoms with Gasteiger partial charge >= 0.3 is 0 Å². The number of methoxy groups -OCH3 is 1. The minimum absolute atomic E-state index is 0.500. The van der Waals surface area contributed by atoms with Gasteiger partial charge in [0.25, 0.3) is 0 Å². The summed E-state index contributed by atoms with van der Waals surface area (Å²) < 4.78 is 5.23. The van der Waals surface area contributed by atoms with Gasteiger partial charge < -0.3 is 4.74 Å². The van der Waals surface area contributed by atoms with E-state index in [4.69, 9.17) is 4.74 Å². The van der Waals surface area contributed by atoms with E-state index in [-0.39, 0.29) is 0 Å². The first-order chi connectivity index (χ1) is 7.06. The van der Waals surface area contributed by atoms with Crippen molar-refractivity contribution in [3.63, 3.8) is 0 Å². The first-order valence-corrected chi connectivity index (χ1v) is 6.26. The molecule has 0 N–H and O–H groups in total. The number of hydrogen-bond acceptors (Lipinski definition) is 1. The molecule has 15 heavy (non-hydrogen) atoms. The van der Waals surface area contributed by atoms with Crippen LogP contribution in [0.15, 0.2) is 24.3 Å². The number of alkyl halides is 1. The van der Waals surface area contributed by atoms with Crippen LogP contribution in [-0.2, 0) is 0 Å². The molecule has 0 radical (unpaired) electrons. The second-order valence-electron chi connectivity index (χ2n) is 4.25. The molecule has 0 heterocycles. The summed E-state index contributed by atoms with van der Waals surface area (Å²) in [6, 6.07) is 8.30. The van der Waals surface area contributed by atoms with Gasteiger partial charge in [-0.3, -0.25) is 0 Å². The minimum atomic E-state index is 0.500. The normalized spacial score (nSPS) is 15.1. The van der Waals surface area contributed by atoms with Gasteiger partial charge in [-0.25, -0.2) is 0 Å². The fourth-order valence-corrected chi connectivity index (χ4v) is 1.99. The van der Waals surface area contributed by atoms with Crippen molar-refractivity contribution in [1.82, 2.24) is 0 Å². The standard InChI is InChI=1S/C13H19BrO/c1-9(2)13(14)10(3)11-6-5-7-12(8-11)15-4/h5-10,13H,1-4H3. The molecule has 0 aliphatic carbocycles. The van der Waals surface area contributed by atoms with Crippen LogP contribution in [0, 0.1) is 5.92 Å². The van der Waals surface area contributed by atoms with Gasteiger partial charge in [0, 0.05) is 4.83 Å². The molecule has 0 saturated heterocycles. The highest BCUT2D eigenvalue weighted by Crippen LogP contribution is 2.31. The van der Waals surface area contributed by atoms with Crippen LogP contribution < -0.4 is 4.74 Å². The molecule has 0 amide bonds. The predicted octanol–water partition coefficient (Wildman–Crippen LogP) is 4.22. The fourth-order valence-electron chi connectivity index (χ4n) is 1.69. The lowest BCUT2D eigenvalue weighted by Crippen LogP contribution is -2.15. The number of ether oxygens (including phenoxy) is 1. The lowest BCUT2D eigenvalue weighted by Gasteiger charge is -2.22. The third-order valence-corrected chi connectivity index (χ3v) is 4.58. The van der Waals surface area contributed by atoms with Crippen molar-refractivity contribution in [2.75, 3.05) is 7.11 Å². The summed E-state index contributed by atoms with van der Waals surface area (Å²) in [5.74, 6) is 2.06. The SMILES string of the molecule is COc1cccc(C(C)C(Br)C(C)C)c1. The zero-order valence-electron chi connectivity index (χ0n) is 9.83. The molecule has 0 aromatic heterocycles. The second-order valence-corrected chi connectivity index (χ2v) is 5.31. The molecule has 84 valence electrons. The molecule has 0 spiro atoms. The predicted molar refractivity (Wildman–Crippen MR) is 69.0 cm³/mol. The van der Waals surface area contributed by atoms with E-state index in [0.717, 1.165) is 5.75 Å². The Balaban J connectivity index is 2.85. The molecule has 1 aromatic carbocycles. The number of hydrogen-bond donors (Lipinski definition) is 0. The van der Waals surface area contributed by atoms with Crippen LogP contribution in [-0.4, -0.2) is 11.9 Å². The monoisotopic (exact) mass is 270 g/mol. The maximum atomic E-state index is 5.23. The van der Waals surface area contributed by atoms with Crippen molar-refractivity contribution in [3.05, 3.63) is 29.8 Å². The van der Waals surface area contributed by atoms with Gasteiger partial charge in [-0.1, -0.05) is 48.8 Å². The fraction of sp³-hybridized carbons (Fsp3) is 0.538. The highest BCUT2D eigenvalue weighted by molar-refractivity contribution is 9.09. The van der Waals surface area contributed by atoms with E-state index >= 15 is 0 Å². The summed E-state index contributed by atoms with van der Waals surface area (Å²) >= 11 is 3.75. The van der Waals surface area contributed by atoms with Crippen molar-refractivity contribution in [1.29, 1.82) is 0 Å². The van der Waals surface area contributed by atoms with Crippen molar-refractivity contribution < 1.29 is 4.74 Å². The van der Waals surface area contributed by atoms with Crippen molar-refractivity contribution in [2.24, 2.45) is 5.92 Å². The highest BCUT2D eigenvalue weighted by Gasteiger charge is 2.19. The number of rotatable bonds is 4. The molecule has 1 aromatic rings. The average Bonchev–Trinajstić information content (AvgIpc) is 2.27. The van der Waals surface area contributed by atoms with Crippen molar-refractivity contribution in [3.8, 4) is 5.75 Å². The number of halogens is 1. The molecule has 0 saturated carbocycles. The molecule has 0 aliphatic heterocycles. The van der Waals surface area contributed by atoms with Gasteiger partial charge in [0.15, 0.2) is 0 Å². The van der Waals surface area contributed by atoms with Crippen LogP contribution in [0.2, 0.25) is 0 Å². The van der Waals surface area contributed by atoms with Crippen molar-refractivity contribution >= 4 is 15.9 Å². The smallest absolute Gasteiger partial charge is 0.119 e. The van der Waals surface area contributed by atoms with E-state index in [1.807, 2.05) is 12.1 Å². The topological polar surface area (TPSA) is 9.23 Å². The Bertz CT molecular complexity index is 309. The van der Waals surface area contributed by atoms with E-state index in [1.165, 1.54) is 5.56 Å². The molecule has 1 rings (SSSR count). The van der Waals surface area contributed by atoms with Crippen LogP contribution >= 0.6 is 15.9 Å². The van der Waals surface area contributed by atoms with Gasteiger partial charge in [0.2, 0.25) is 0 Å². The van der Waals surface area contributed by atoms with Gasteiger partial charge in [0.05, 0.1) is 7.11 Å². The summed E-state index contributed by atoms with van der Waals surface area (Å²) in [5, 5.41) is 0. The number of benzene rings is 1. The molecule has 2 atom stereocenters. The van der Waals surface area contributed by atoms with Crippen LogP contribution in [0.5, 0.6) is 5.75 Å². The molecular weight excluding hydrogens is 252 g/mol.